The van der Waals surface area contributed by atoms with Crippen LogP contribution < -0.4 is 0 Å². The van der Waals surface area contributed by atoms with E-state index in [4.69, 9.17) is 4.74 Å². The maximum Gasteiger partial charge on any atom is 0.222 e. The number of carbonyl (C=O) groups is 1. The molecule has 2 heterocycles. The van der Waals surface area contributed by atoms with Crippen molar-refractivity contribution in [3.05, 3.63) is 35.9 Å². The Morgan fingerprint density at radius 2 is 2.00 bits per heavy atom. The lowest BCUT2D eigenvalue weighted by atomic mass is 9.89. The third-order valence-electron chi connectivity index (χ3n) is 6.00. The van der Waals surface area contributed by atoms with Gasteiger partial charge in [0.15, 0.2) is 0 Å². The first-order chi connectivity index (χ1) is 12.6. The quantitative estimate of drug-likeness (QED) is 0.742. The molecule has 2 fully saturated rings. The average Bonchev–Trinajstić information content (AvgIpc) is 3.04. The highest BCUT2D eigenvalue weighted by Crippen LogP contribution is 2.39. The highest BCUT2D eigenvalue weighted by molar-refractivity contribution is 5.76. The van der Waals surface area contributed by atoms with Crippen molar-refractivity contribution in [2.24, 2.45) is 0 Å². The van der Waals surface area contributed by atoms with Gasteiger partial charge in [0.25, 0.3) is 0 Å². The van der Waals surface area contributed by atoms with Crippen molar-refractivity contribution in [3.63, 3.8) is 0 Å². The van der Waals surface area contributed by atoms with E-state index >= 15 is 0 Å². The van der Waals surface area contributed by atoms with Crippen LogP contribution in [0.3, 0.4) is 0 Å². The van der Waals surface area contributed by atoms with Gasteiger partial charge in [-0.25, -0.2) is 0 Å². The molecule has 144 valence electrons. The Balaban J connectivity index is 1.49. The molecule has 1 aromatic rings. The highest BCUT2D eigenvalue weighted by Gasteiger charge is 2.43. The fraction of sp³-hybridized carbons (Fsp3) is 0.682. The summed E-state index contributed by atoms with van der Waals surface area (Å²) in [6.07, 6.45) is 6.36. The summed E-state index contributed by atoms with van der Waals surface area (Å²) in [6.45, 7) is 8.90. The predicted molar refractivity (Wildman–Crippen MR) is 105 cm³/mol. The summed E-state index contributed by atoms with van der Waals surface area (Å²) in [6, 6.07) is 10.7. The van der Waals surface area contributed by atoms with Crippen molar-refractivity contribution < 1.29 is 9.53 Å². The first-order valence-electron chi connectivity index (χ1n) is 10.4. The van der Waals surface area contributed by atoms with Crippen LogP contribution in [-0.4, -0.2) is 53.6 Å². The Hall–Kier alpha value is -1.39. The number of carbonyl (C=O) groups excluding carboxylic acids is 1. The van der Waals surface area contributed by atoms with Crippen molar-refractivity contribution in [1.82, 2.24) is 9.80 Å². The van der Waals surface area contributed by atoms with Crippen molar-refractivity contribution in [2.45, 2.75) is 70.6 Å². The molecule has 0 N–H and O–H groups in total. The number of benzene rings is 1. The number of rotatable bonds is 7. The van der Waals surface area contributed by atoms with Gasteiger partial charge < -0.3 is 9.64 Å². The molecule has 26 heavy (non-hydrogen) atoms. The fourth-order valence-corrected chi connectivity index (χ4v) is 4.58. The molecule has 0 aromatic heterocycles. The maximum absolute atomic E-state index is 12.2. The molecule has 2 aliphatic rings. The summed E-state index contributed by atoms with van der Waals surface area (Å²) in [7, 11) is 0. The van der Waals surface area contributed by atoms with Crippen LogP contribution in [0.2, 0.25) is 0 Å². The third-order valence-corrected chi connectivity index (χ3v) is 6.00. The van der Waals surface area contributed by atoms with E-state index in [0.717, 1.165) is 52.0 Å². The van der Waals surface area contributed by atoms with Crippen molar-refractivity contribution in [2.75, 3.05) is 26.2 Å². The van der Waals surface area contributed by atoms with Gasteiger partial charge in [-0.3, -0.25) is 9.69 Å². The number of ether oxygens (including phenoxy) is 1. The Kier molecular flexibility index (Phi) is 6.71. The molecule has 1 amide bonds. The molecule has 0 aliphatic carbocycles. The smallest absolute Gasteiger partial charge is 0.222 e. The van der Waals surface area contributed by atoms with Gasteiger partial charge >= 0.3 is 0 Å². The van der Waals surface area contributed by atoms with E-state index in [2.05, 4.69) is 35.2 Å². The minimum absolute atomic E-state index is 0.0238. The number of likely N-dealkylation sites (tertiary alicyclic amines) is 1. The molecular weight excluding hydrogens is 324 g/mol. The lowest BCUT2D eigenvalue weighted by Gasteiger charge is -2.40. The van der Waals surface area contributed by atoms with E-state index in [0.29, 0.717) is 6.42 Å². The van der Waals surface area contributed by atoms with Crippen LogP contribution in [0.1, 0.15) is 57.9 Å². The topological polar surface area (TPSA) is 32.8 Å². The van der Waals surface area contributed by atoms with Gasteiger partial charge in [0, 0.05) is 32.6 Å². The molecule has 0 bridgehead atoms. The molecular formula is C22H34N2O2. The molecule has 2 atom stereocenters. The average molecular weight is 359 g/mol. The third kappa shape index (κ3) is 4.86. The zero-order valence-electron chi connectivity index (χ0n) is 16.5. The molecule has 4 nitrogen and oxygen atoms in total. The summed E-state index contributed by atoms with van der Waals surface area (Å²) >= 11 is 0. The minimum atomic E-state index is 0.0238. The first-order valence-corrected chi connectivity index (χ1v) is 10.4. The molecule has 0 unspecified atom stereocenters. The molecule has 3 rings (SSSR count). The van der Waals surface area contributed by atoms with Gasteiger partial charge in [-0.2, -0.15) is 0 Å². The van der Waals surface area contributed by atoms with E-state index in [1.54, 1.807) is 0 Å². The summed E-state index contributed by atoms with van der Waals surface area (Å²) in [5.41, 5.74) is 1.40. The van der Waals surface area contributed by atoms with E-state index < -0.39 is 0 Å². The Labute approximate surface area is 158 Å². The molecule has 4 heteroatoms. The molecule has 1 aromatic carbocycles. The lowest BCUT2D eigenvalue weighted by molar-refractivity contribution is -0.132. The molecule has 1 spiro atoms. The monoisotopic (exact) mass is 358 g/mol. The van der Waals surface area contributed by atoms with Crippen LogP contribution in [0.15, 0.2) is 30.3 Å². The molecule has 0 radical (unpaired) electrons. The number of nitrogens with zero attached hydrogens (tertiary/aromatic N) is 2. The van der Waals surface area contributed by atoms with Crippen LogP contribution in [0, 0.1) is 0 Å². The fourth-order valence-electron chi connectivity index (χ4n) is 4.58. The van der Waals surface area contributed by atoms with Gasteiger partial charge in [-0.15, -0.1) is 0 Å². The predicted octanol–water partition coefficient (Wildman–Crippen LogP) is 3.85. The normalized spacial score (nSPS) is 26.3. The second kappa shape index (κ2) is 9.01. The van der Waals surface area contributed by atoms with Crippen molar-refractivity contribution in [3.8, 4) is 0 Å². The van der Waals surface area contributed by atoms with Crippen molar-refractivity contribution >= 4 is 5.91 Å². The number of hydrogen-bond donors (Lipinski definition) is 0. The van der Waals surface area contributed by atoms with Gasteiger partial charge in [0.05, 0.1) is 11.7 Å². The summed E-state index contributed by atoms with van der Waals surface area (Å²) in [5, 5.41) is 0. The summed E-state index contributed by atoms with van der Waals surface area (Å²) < 4.78 is 6.54. The second-order valence-electron chi connectivity index (χ2n) is 7.87. The van der Waals surface area contributed by atoms with Crippen LogP contribution in [-0.2, 0) is 16.1 Å². The van der Waals surface area contributed by atoms with Gasteiger partial charge in [-0.05, 0) is 58.1 Å². The van der Waals surface area contributed by atoms with Crippen LogP contribution in [0.4, 0.5) is 0 Å². The van der Waals surface area contributed by atoms with Crippen LogP contribution in [0.5, 0.6) is 0 Å². The standard InChI is InChI=1S/C22H34N2O2/c1-3-24(4-2)21(25)12-11-20-13-15-22(26-20)14-8-16-23(18-22)17-19-9-6-5-7-10-19/h5-7,9-10,20H,3-4,8,11-18H2,1-2H3/t20-,22-/m0/s1. The summed E-state index contributed by atoms with van der Waals surface area (Å²) in [4.78, 5) is 16.7. The Morgan fingerprint density at radius 1 is 1.23 bits per heavy atom. The minimum Gasteiger partial charge on any atom is -0.370 e. The lowest BCUT2D eigenvalue weighted by Crippen LogP contribution is -2.47. The van der Waals surface area contributed by atoms with E-state index in [-0.39, 0.29) is 17.6 Å². The number of piperidine rings is 1. The van der Waals surface area contributed by atoms with Gasteiger partial charge in [0.1, 0.15) is 0 Å². The van der Waals surface area contributed by atoms with Crippen molar-refractivity contribution in [1.29, 1.82) is 0 Å². The second-order valence-corrected chi connectivity index (χ2v) is 7.87. The number of amides is 1. The highest BCUT2D eigenvalue weighted by atomic mass is 16.5. The molecule has 2 aliphatic heterocycles. The first kappa shape index (κ1) is 19.4. The number of hydrogen-bond acceptors (Lipinski definition) is 3. The Morgan fingerprint density at radius 3 is 2.73 bits per heavy atom. The van der Waals surface area contributed by atoms with Gasteiger partial charge in [0.2, 0.25) is 5.91 Å². The van der Waals surface area contributed by atoms with Crippen LogP contribution in [0.25, 0.3) is 0 Å². The molecule has 2 saturated heterocycles. The zero-order chi connectivity index (χ0) is 18.4. The SMILES string of the molecule is CCN(CC)C(=O)CC[C@H]1CC[C@]2(CCCN(Cc3ccccc3)C2)O1. The van der Waals surface area contributed by atoms with Gasteiger partial charge in [-0.1, -0.05) is 30.3 Å². The summed E-state index contributed by atoms with van der Waals surface area (Å²) in [5.74, 6) is 0.272. The van der Waals surface area contributed by atoms with E-state index in [9.17, 15) is 4.79 Å². The largest absolute Gasteiger partial charge is 0.370 e. The Bertz CT molecular complexity index is 573. The maximum atomic E-state index is 12.2. The van der Waals surface area contributed by atoms with Crippen LogP contribution >= 0.6 is 0 Å². The molecule has 0 saturated carbocycles. The zero-order valence-corrected chi connectivity index (χ0v) is 16.5. The van der Waals surface area contributed by atoms with E-state index in [1.165, 1.54) is 18.4 Å². The van der Waals surface area contributed by atoms with E-state index in [1.807, 2.05) is 18.7 Å².